The molecule has 146 valence electrons. The first-order valence-electron chi connectivity index (χ1n) is 9.49. The maximum Gasteiger partial charge on any atom is 0.276 e. The number of amides is 1. The van der Waals surface area contributed by atoms with Gasteiger partial charge in [-0.1, -0.05) is 18.2 Å². The first-order chi connectivity index (χ1) is 14.2. The number of hydrogen-bond donors (Lipinski definition) is 0. The average molecular weight is 388 g/mol. The molecule has 0 saturated carbocycles. The molecule has 1 aromatic carbocycles. The number of rotatable bonds is 5. The van der Waals surface area contributed by atoms with Crippen molar-refractivity contribution in [2.45, 2.75) is 12.8 Å². The van der Waals surface area contributed by atoms with Crippen molar-refractivity contribution in [3.8, 4) is 17.6 Å². The molecule has 2 aromatic heterocycles. The molecule has 0 unspecified atom stereocenters. The second-order valence-corrected chi connectivity index (χ2v) is 6.87. The van der Waals surface area contributed by atoms with Crippen LogP contribution in [0.15, 0.2) is 54.9 Å². The van der Waals surface area contributed by atoms with Gasteiger partial charge in [-0.3, -0.25) is 4.79 Å². The minimum Gasteiger partial charge on any atom is -0.476 e. The van der Waals surface area contributed by atoms with E-state index in [9.17, 15) is 4.79 Å². The van der Waals surface area contributed by atoms with Crippen LogP contribution in [0.5, 0.6) is 5.88 Å². The van der Waals surface area contributed by atoms with Gasteiger partial charge < -0.3 is 9.64 Å². The summed E-state index contributed by atoms with van der Waals surface area (Å²) >= 11 is 0. The Morgan fingerprint density at radius 2 is 1.97 bits per heavy atom. The van der Waals surface area contributed by atoms with E-state index in [1.807, 2.05) is 30.3 Å². The van der Waals surface area contributed by atoms with Crippen molar-refractivity contribution in [2.24, 2.45) is 5.92 Å². The largest absolute Gasteiger partial charge is 0.476 e. The minimum atomic E-state index is -0.108. The number of ether oxygens (including phenoxy) is 1. The number of para-hydroxylation sites is 1. The van der Waals surface area contributed by atoms with Crippen molar-refractivity contribution in [2.75, 3.05) is 19.7 Å². The Hall–Kier alpha value is -3.73. The van der Waals surface area contributed by atoms with Crippen LogP contribution in [-0.2, 0) is 0 Å². The molecule has 0 bridgehead atoms. The van der Waals surface area contributed by atoms with Gasteiger partial charge in [0.1, 0.15) is 11.6 Å². The lowest BCUT2D eigenvalue weighted by Crippen LogP contribution is -2.40. The zero-order valence-electron chi connectivity index (χ0n) is 15.8. The van der Waals surface area contributed by atoms with Gasteiger partial charge in [-0.2, -0.15) is 15.2 Å². The number of carbonyl (C=O) groups excluding carboxylic acids is 1. The molecule has 4 rings (SSSR count). The number of nitrogens with zero attached hydrogens (tertiary/aromatic N) is 6. The monoisotopic (exact) mass is 388 g/mol. The molecule has 0 atom stereocenters. The van der Waals surface area contributed by atoms with Crippen LogP contribution in [0.4, 0.5) is 0 Å². The molecule has 0 aliphatic carbocycles. The number of carbonyl (C=O) groups is 1. The molecule has 3 heterocycles. The Kier molecular flexibility index (Phi) is 5.47. The van der Waals surface area contributed by atoms with E-state index in [-0.39, 0.29) is 5.91 Å². The third-order valence-corrected chi connectivity index (χ3v) is 4.95. The van der Waals surface area contributed by atoms with Crippen LogP contribution < -0.4 is 4.74 Å². The van der Waals surface area contributed by atoms with E-state index < -0.39 is 0 Å². The summed E-state index contributed by atoms with van der Waals surface area (Å²) in [5.74, 6) is 0.571. The lowest BCUT2D eigenvalue weighted by molar-refractivity contribution is 0.0653. The summed E-state index contributed by atoms with van der Waals surface area (Å²) in [5, 5.41) is 17.6. The first kappa shape index (κ1) is 18.6. The highest BCUT2D eigenvalue weighted by atomic mass is 16.5. The van der Waals surface area contributed by atoms with E-state index in [2.05, 4.69) is 21.3 Å². The lowest BCUT2D eigenvalue weighted by atomic mass is 9.97. The molecule has 1 aliphatic heterocycles. The number of likely N-dealkylation sites (tertiary alicyclic amines) is 1. The molecule has 1 saturated heterocycles. The third kappa shape index (κ3) is 4.24. The topological polar surface area (TPSA) is 96.9 Å². The standard InChI is InChI=1S/C21H20N6O2/c22-13-17-5-4-10-23-20(17)29-15-16-8-11-26(12-9-16)21(28)19-14-24-27(25-19)18-6-2-1-3-7-18/h1-7,10,14,16H,8-9,11-12,15H2. The van der Waals surface area contributed by atoms with Crippen LogP contribution in [0, 0.1) is 17.2 Å². The van der Waals surface area contributed by atoms with Gasteiger partial charge >= 0.3 is 0 Å². The van der Waals surface area contributed by atoms with Gasteiger partial charge in [-0.05, 0) is 43.0 Å². The molecule has 8 nitrogen and oxygen atoms in total. The van der Waals surface area contributed by atoms with Gasteiger partial charge in [0.25, 0.3) is 5.91 Å². The van der Waals surface area contributed by atoms with Gasteiger partial charge in [0.05, 0.1) is 18.5 Å². The molecule has 0 N–H and O–H groups in total. The van der Waals surface area contributed by atoms with E-state index in [1.54, 1.807) is 23.2 Å². The fourth-order valence-electron chi connectivity index (χ4n) is 3.30. The maximum absolute atomic E-state index is 12.7. The minimum absolute atomic E-state index is 0.108. The average Bonchev–Trinajstić information content (AvgIpc) is 3.29. The number of aromatic nitrogens is 4. The van der Waals surface area contributed by atoms with E-state index in [0.29, 0.717) is 42.8 Å². The second kappa shape index (κ2) is 8.52. The van der Waals surface area contributed by atoms with Gasteiger partial charge in [0, 0.05) is 19.3 Å². The van der Waals surface area contributed by atoms with Crippen molar-refractivity contribution in [3.05, 3.63) is 66.1 Å². The summed E-state index contributed by atoms with van der Waals surface area (Å²) in [7, 11) is 0. The molecule has 0 radical (unpaired) electrons. The van der Waals surface area contributed by atoms with E-state index in [4.69, 9.17) is 10.00 Å². The number of nitriles is 1. The number of piperidine rings is 1. The predicted octanol–water partition coefficient (Wildman–Crippen LogP) is 2.47. The van der Waals surface area contributed by atoms with Gasteiger partial charge in [0.15, 0.2) is 5.69 Å². The Morgan fingerprint density at radius 3 is 2.72 bits per heavy atom. The van der Waals surface area contributed by atoms with E-state index in [0.717, 1.165) is 18.5 Å². The Bertz CT molecular complexity index is 1020. The lowest BCUT2D eigenvalue weighted by Gasteiger charge is -2.31. The fraction of sp³-hybridized carbons (Fsp3) is 0.286. The highest BCUT2D eigenvalue weighted by Gasteiger charge is 2.26. The normalized spacial score (nSPS) is 14.4. The van der Waals surface area contributed by atoms with Gasteiger partial charge in [0.2, 0.25) is 5.88 Å². The molecule has 1 aliphatic rings. The van der Waals surface area contributed by atoms with Crippen LogP contribution in [0.3, 0.4) is 0 Å². The van der Waals surface area contributed by atoms with E-state index in [1.165, 1.54) is 11.0 Å². The van der Waals surface area contributed by atoms with Crippen molar-refractivity contribution in [3.63, 3.8) is 0 Å². The Morgan fingerprint density at radius 1 is 1.17 bits per heavy atom. The highest BCUT2D eigenvalue weighted by Crippen LogP contribution is 2.21. The second-order valence-electron chi connectivity index (χ2n) is 6.87. The molecule has 0 spiro atoms. The summed E-state index contributed by atoms with van der Waals surface area (Å²) in [6.07, 6.45) is 4.77. The van der Waals surface area contributed by atoms with Gasteiger partial charge in [-0.15, -0.1) is 5.10 Å². The Balaban J connectivity index is 1.31. The summed E-state index contributed by atoms with van der Waals surface area (Å²) < 4.78 is 5.74. The fourth-order valence-corrected chi connectivity index (χ4v) is 3.30. The van der Waals surface area contributed by atoms with E-state index >= 15 is 0 Å². The van der Waals surface area contributed by atoms with Crippen LogP contribution in [0.25, 0.3) is 5.69 Å². The van der Waals surface area contributed by atoms with Crippen LogP contribution in [-0.4, -0.2) is 50.5 Å². The van der Waals surface area contributed by atoms with Gasteiger partial charge in [-0.25, -0.2) is 4.98 Å². The summed E-state index contributed by atoms with van der Waals surface area (Å²) in [6.45, 7) is 1.76. The molecular formula is C21H20N6O2. The Labute approximate surface area is 168 Å². The molecular weight excluding hydrogens is 368 g/mol. The van der Waals surface area contributed by atoms with Crippen LogP contribution in [0.2, 0.25) is 0 Å². The van der Waals surface area contributed by atoms with Crippen LogP contribution in [0.1, 0.15) is 28.9 Å². The summed E-state index contributed by atoms with van der Waals surface area (Å²) in [4.78, 5) is 20.1. The highest BCUT2D eigenvalue weighted by molar-refractivity contribution is 5.92. The third-order valence-electron chi connectivity index (χ3n) is 4.95. The number of pyridine rings is 1. The predicted molar refractivity (Wildman–Crippen MR) is 104 cm³/mol. The first-order valence-corrected chi connectivity index (χ1v) is 9.49. The zero-order chi connectivity index (χ0) is 20.1. The van der Waals surface area contributed by atoms with Crippen molar-refractivity contribution in [1.82, 2.24) is 24.9 Å². The van der Waals surface area contributed by atoms with Crippen molar-refractivity contribution in [1.29, 1.82) is 5.26 Å². The SMILES string of the molecule is N#Cc1cccnc1OCC1CCN(C(=O)c2cnn(-c3ccccc3)n2)CC1. The summed E-state index contributed by atoms with van der Waals surface area (Å²) in [6, 6.07) is 15.0. The zero-order valence-corrected chi connectivity index (χ0v) is 15.8. The summed E-state index contributed by atoms with van der Waals surface area (Å²) in [5.41, 5.74) is 1.59. The molecule has 8 heteroatoms. The quantitative estimate of drug-likeness (QED) is 0.666. The van der Waals surface area contributed by atoms with Crippen molar-refractivity contribution < 1.29 is 9.53 Å². The molecule has 3 aromatic rings. The molecule has 1 amide bonds. The maximum atomic E-state index is 12.7. The smallest absolute Gasteiger partial charge is 0.276 e. The van der Waals surface area contributed by atoms with Crippen molar-refractivity contribution >= 4 is 5.91 Å². The van der Waals surface area contributed by atoms with Crippen LogP contribution >= 0.6 is 0 Å². The number of benzene rings is 1. The molecule has 29 heavy (non-hydrogen) atoms. The molecule has 1 fully saturated rings. The number of hydrogen-bond acceptors (Lipinski definition) is 6.